The third kappa shape index (κ3) is 6.44. The number of carbonyl (C=O) groups excluding carboxylic acids is 1. The minimum atomic E-state index is -3.48. The second kappa shape index (κ2) is 10.6. The second-order valence-electron chi connectivity index (χ2n) is 6.57. The van der Waals surface area contributed by atoms with Gasteiger partial charge >= 0.3 is 0 Å². The summed E-state index contributed by atoms with van der Waals surface area (Å²) in [5, 5.41) is 9.93. The van der Waals surface area contributed by atoms with Gasteiger partial charge in [0.25, 0.3) is 5.91 Å². The number of rotatable bonds is 9. The number of aromatic amines is 1. The predicted molar refractivity (Wildman–Crippen MR) is 109 cm³/mol. The average molecular weight is 440 g/mol. The maximum atomic E-state index is 12.8. The quantitative estimate of drug-likeness (QED) is 0.451. The van der Waals surface area contributed by atoms with Gasteiger partial charge in [0, 0.05) is 25.4 Å². The molecule has 0 aliphatic carbocycles. The molecular formula is C18H25N5O4S2. The summed E-state index contributed by atoms with van der Waals surface area (Å²) < 4.78 is 32.5. The predicted octanol–water partition coefficient (Wildman–Crippen LogP) is 1.66. The van der Waals surface area contributed by atoms with Gasteiger partial charge in [-0.25, -0.2) is 13.4 Å². The molecule has 0 unspecified atom stereocenters. The smallest absolute Gasteiger partial charge is 0.257 e. The van der Waals surface area contributed by atoms with Gasteiger partial charge in [0.1, 0.15) is 12.1 Å². The lowest BCUT2D eigenvalue weighted by atomic mass is 10.2. The molecule has 1 aromatic heterocycles. The van der Waals surface area contributed by atoms with Crippen molar-refractivity contribution in [3.05, 3.63) is 30.6 Å². The van der Waals surface area contributed by atoms with E-state index in [0.717, 1.165) is 25.7 Å². The number of carbonyl (C=O) groups is 1. The Hall–Kier alpha value is -2.11. The standard InChI is InChI=1S/C18H25N5O4S2/c24-17(19-9-12-28-18-20-14-21-22-18)13-27-15-5-7-16(8-6-15)29(25,26)23-10-3-1-2-4-11-23/h5-8,14H,1-4,9-13H2,(H,19,24)(H,20,21,22). The summed E-state index contributed by atoms with van der Waals surface area (Å²) in [6.45, 7) is 1.47. The molecule has 9 nitrogen and oxygen atoms in total. The maximum Gasteiger partial charge on any atom is 0.257 e. The van der Waals surface area contributed by atoms with Gasteiger partial charge in [0.2, 0.25) is 10.0 Å². The van der Waals surface area contributed by atoms with Crippen molar-refractivity contribution in [1.82, 2.24) is 24.8 Å². The van der Waals surface area contributed by atoms with Gasteiger partial charge < -0.3 is 10.1 Å². The van der Waals surface area contributed by atoms with Gasteiger partial charge in [-0.15, -0.1) is 0 Å². The van der Waals surface area contributed by atoms with Crippen LogP contribution in [0, 0.1) is 0 Å². The molecule has 0 spiro atoms. The number of amides is 1. The number of thioether (sulfide) groups is 1. The largest absolute Gasteiger partial charge is 0.484 e. The van der Waals surface area contributed by atoms with Gasteiger partial charge in [-0.05, 0) is 37.1 Å². The molecule has 1 aromatic carbocycles. The normalized spacial score (nSPS) is 15.6. The number of aromatic nitrogens is 3. The van der Waals surface area contributed by atoms with Crippen molar-refractivity contribution in [2.24, 2.45) is 0 Å². The Labute approximate surface area is 174 Å². The van der Waals surface area contributed by atoms with E-state index in [-0.39, 0.29) is 17.4 Å². The van der Waals surface area contributed by atoms with Crippen LogP contribution >= 0.6 is 11.8 Å². The lowest BCUT2D eigenvalue weighted by Gasteiger charge is -2.20. The van der Waals surface area contributed by atoms with E-state index in [1.54, 1.807) is 16.4 Å². The first-order valence-corrected chi connectivity index (χ1v) is 12.0. The molecule has 1 aliphatic heterocycles. The van der Waals surface area contributed by atoms with Crippen LogP contribution in [0.4, 0.5) is 0 Å². The molecule has 158 valence electrons. The van der Waals surface area contributed by atoms with E-state index >= 15 is 0 Å². The van der Waals surface area contributed by atoms with Crippen LogP contribution in [0.5, 0.6) is 5.75 Å². The zero-order chi connectivity index (χ0) is 20.5. The first-order chi connectivity index (χ1) is 14.1. The third-order valence-electron chi connectivity index (χ3n) is 4.45. The highest BCUT2D eigenvalue weighted by atomic mass is 32.2. The van der Waals surface area contributed by atoms with Crippen LogP contribution in [0.25, 0.3) is 0 Å². The molecule has 1 amide bonds. The number of sulfonamides is 1. The topological polar surface area (TPSA) is 117 Å². The van der Waals surface area contributed by atoms with Gasteiger partial charge in [0.15, 0.2) is 11.8 Å². The lowest BCUT2D eigenvalue weighted by molar-refractivity contribution is -0.122. The Morgan fingerprint density at radius 3 is 2.55 bits per heavy atom. The highest BCUT2D eigenvalue weighted by Crippen LogP contribution is 2.22. The number of hydrogen-bond acceptors (Lipinski definition) is 7. The van der Waals surface area contributed by atoms with E-state index in [1.807, 2.05) is 0 Å². The van der Waals surface area contributed by atoms with Crippen LogP contribution in [0.1, 0.15) is 25.7 Å². The van der Waals surface area contributed by atoms with Crippen molar-refractivity contribution >= 4 is 27.7 Å². The highest BCUT2D eigenvalue weighted by Gasteiger charge is 2.25. The summed E-state index contributed by atoms with van der Waals surface area (Å²) >= 11 is 1.45. The minimum absolute atomic E-state index is 0.134. The van der Waals surface area contributed by atoms with Gasteiger partial charge in [0.05, 0.1) is 4.90 Å². The summed E-state index contributed by atoms with van der Waals surface area (Å²) in [4.78, 5) is 16.1. The van der Waals surface area contributed by atoms with Crippen LogP contribution < -0.4 is 10.1 Å². The highest BCUT2D eigenvalue weighted by molar-refractivity contribution is 7.99. The summed E-state index contributed by atoms with van der Waals surface area (Å²) in [5.74, 6) is 0.861. The van der Waals surface area contributed by atoms with Gasteiger partial charge in [-0.2, -0.15) is 9.40 Å². The maximum absolute atomic E-state index is 12.8. The molecule has 1 aliphatic rings. The summed E-state index contributed by atoms with van der Waals surface area (Å²) in [5.41, 5.74) is 0. The molecule has 0 saturated carbocycles. The monoisotopic (exact) mass is 439 g/mol. The van der Waals surface area contributed by atoms with E-state index in [9.17, 15) is 13.2 Å². The molecule has 2 aromatic rings. The van der Waals surface area contributed by atoms with Crippen LogP contribution in [0.15, 0.2) is 40.6 Å². The fraction of sp³-hybridized carbons (Fsp3) is 0.500. The number of nitrogens with zero attached hydrogens (tertiary/aromatic N) is 3. The molecule has 0 atom stereocenters. The molecule has 2 N–H and O–H groups in total. The number of hydrogen-bond donors (Lipinski definition) is 2. The van der Waals surface area contributed by atoms with Crippen molar-refractivity contribution in [1.29, 1.82) is 0 Å². The van der Waals surface area contributed by atoms with E-state index in [2.05, 4.69) is 20.5 Å². The van der Waals surface area contributed by atoms with E-state index in [4.69, 9.17) is 4.74 Å². The summed E-state index contributed by atoms with van der Waals surface area (Å²) in [7, 11) is -3.48. The fourth-order valence-corrected chi connectivity index (χ4v) is 5.09. The average Bonchev–Trinajstić information content (AvgIpc) is 3.09. The number of nitrogens with one attached hydrogen (secondary N) is 2. The Bertz CT molecular complexity index is 864. The van der Waals surface area contributed by atoms with E-state index in [1.165, 1.54) is 30.2 Å². The molecule has 11 heteroatoms. The zero-order valence-corrected chi connectivity index (χ0v) is 17.7. The van der Waals surface area contributed by atoms with E-state index in [0.29, 0.717) is 36.3 Å². The fourth-order valence-electron chi connectivity index (χ4n) is 2.94. The van der Waals surface area contributed by atoms with Crippen molar-refractivity contribution < 1.29 is 17.9 Å². The number of H-pyrrole nitrogens is 1. The molecule has 2 heterocycles. The van der Waals surface area contributed by atoms with E-state index < -0.39 is 10.0 Å². The SMILES string of the molecule is O=C(COc1ccc(S(=O)(=O)N2CCCCCC2)cc1)NCCSc1ncn[nH]1. The van der Waals surface area contributed by atoms with Crippen LogP contribution in [-0.4, -0.2) is 65.8 Å². The zero-order valence-electron chi connectivity index (χ0n) is 16.0. The van der Waals surface area contributed by atoms with Crippen molar-refractivity contribution in [2.45, 2.75) is 35.7 Å². The molecule has 1 fully saturated rings. The van der Waals surface area contributed by atoms with Gasteiger partial charge in [-0.3, -0.25) is 9.89 Å². The number of ether oxygens (including phenoxy) is 1. The third-order valence-corrected chi connectivity index (χ3v) is 7.24. The Morgan fingerprint density at radius 1 is 1.17 bits per heavy atom. The first-order valence-electron chi connectivity index (χ1n) is 9.53. The molecule has 0 bridgehead atoms. The Balaban J connectivity index is 1.43. The molecule has 1 saturated heterocycles. The Kier molecular flexibility index (Phi) is 7.90. The molecule has 29 heavy (non-hydrogen) atoms. The van der Waals surface area contributed by atoms with Crippen molar-refractivity contribution in [2.75, 3.05) is 32.0 Å². The molecular weight excluding hydrogens is 414 g/mol. The summed E-state index contributed by atoms with van der Waals surface area (Å²) in [6, 6.07) is 6.22. The Morgan fingerprint density at radius 2 is 1.90 bits per heavy atom. The molecule has 3 rings (SSSR count). The lowest BCUT2D eigenvalue weighted by Crippen LogP contribution is -2.32. The van der Waals surface area contributed by atoms with Crippen LogP contribution in [0.3, 0.4) is 0 Å². The summed E-state index contributed by atoms with van der Waals surface area (Å²) in [6.07, 6.45) is 5.36. The molecule has 0 radical (unpaired) electrons. The van der Waals surface area contributed by atoms with Crippen LogP contribution in [0.2, 0.25) is 0 Å². The van der Waals surface area contributed by atoms with Crippen molar-refractivity contribution in [3.63, 3.8) is 0 Å². The van der Waals surface area contributed by atoms with Gasteiger partial charge in [-0.1, -0.05) is 24.6 Å². The number of benzene rings is 1. The van der Waals surface area contributed by atoms with Crippen molar-refractivity contribution in [3.8, 4) is 5.75 Å². The second-order valence-corrected chi connectivity index (χ2v) is 9.59. The minimum Gasteiger partial charge on any atom is -0.484 e. The van der Waals surface area contributed by atoms with Crippen LogP contribution in [-0.2, 0) is 14.8 Å². The first kappa shape index (κ1) is 21.6.